The molecule has 0 atom stereocenters. The van der Waals surface area contributed by atoms with Gasteiger partial charge in [0.15, 0.2) is 5.69 Å². The fourth-order valence-electron chi connectivity index (χ4n) is 2.38. The summed E-state index contributed by atoms with van der Waals surface area (Å²) < 4.78 is 6.41. The van der Waals surface area contributed by atoms with Crippen molar-refractivity contribution < 1.29 is 14.3 Å². The van der Waals surface area contributed by atoms with Gasteiger partial charge < -0.3 is 15.0 Å². The van der Waals surface area contributed by atoms with Crippen LogP contribution in [0.3, 0.4) is 0 Å². The van der Waals surface area contributed by atoms with Gasteiger partial charge in [0.05, 0.1) is 19.3 Å². The van der Waals surface area contributed by atoms with Crippen molar-refractivity contribution in [2.45, 2.75) is 6.54 Å². The van der Waals surface area contributed by atoms with Crippen LogP contribution in [0, 0.1) is 0 Å². The molecular weight excluding hydrogens is 322 g/mol. The summed E-state index contributed by atoms with van der Waals surface area (Å²) in [5.41, 5.74) is 1.35. The van der Waals surface area contributed by atoms with Gasteiger partial charge in [-0.1, -0.05) is 47.7 Å². The zero-order valence-corrected chi connectivity index (χ0v) is 13.7. The van der Waals surface area contributed by atoms with Gasteiger partial charge in [0, 0.05) is 13.1 Å². The van der Waals surface area contributed by atoms with Crippen LogP contribution in [0.5, 0.6) is 0 Å². The number of nitrogens with zero attached hydrogens (tertiary/aromatic N) is 4. The number of amides is 2. The first-order valence-electron chi connectivity index (χ1n) is 8.04. The number of benzene rings is 1. The second-order valence-electron chi connectivity index (χ2n) is 5.50. The SMILES string of the molecule is O=C(NCCN1CCOC1=O)c1cn(CC=Cc2ccccc2)nn1. The molecule has 1 aromatic heterocycles. The largest absolute Gasteiger partial charge is 0.448 e. The Morgan fingerprint density at radius 3 is 2.92 bits per heavy atom. The third-order valence-corrected chi connectivity index (χ3v) is 3.69. The lowest BCUT2D eigenvalue weighted by atomic mass is 10.2. The lowest BCUT2D eigenvalue weighted by molar-refractivity contribution is 0.0943. The van der Waals surface area contributed by atoms with Crippen molar-refractivity contribution in [1.29, 1.82) is 0 Å². The topological polar surface area (TPSA) is 89.4 Å². The molecule has 8 nitrogen and oxygen atoms in total. The minimum absolute atomic E-state index is 0.247. The first-order chi connectivity index (χ1) is 12.2. The summed E-state index contributed by atoms with van der Waals surface area (Å²) in [6, 6.07) is 9.92. The molecule has 1 aliphatic heterocycles. The number of aromatic nitrogens is 3. The highest BCUT2D eigenvalue weighted by atomic mass is 16.6. The van der Waals surface area contributed by atoms with Gasteiger partial charge in [0.1, 0.15) is 6.61 Å². The van der Waals surface area contributed by atoms with E-state index in [0.29, 0.717) is 32.8 Å². The van der Waals surface area contributed by atoms with E-state index < -0.39 is 0 Å². The van der Waals surface area contributed by atoms with Crippen molar-refractivity contribution >= 4 is 18.1 Å². The molecule has 0 saturated carbocycles. The van der Waals surface area contributed by atoms with Crippen LogP contribution in [0.15, 0.2) is 42.6 Å². The Morgan fingerprint density at radius 1 is 1.32 bits per heavy atom. The van der Waals surface area contributed by atoms with Gasteiger partial charge in [-0.3, -0.25) is 4.79 Å². The van der Waals surface area contributed by atoms with Gasteiger partial charge in [0.2, 0.25) is 0 Å². The molecule has 1 N–H and O–H groups in total. The van der Waals surface area contributed by atoms with Crippen LogP contribution < -0.4 is 5.32 Å². The zero-order valence-electron chi connectivity index (χ0n) is 13.7. The average Bonchev–Trinajstić information content (AvgIpc) is 3.25. The summed E-state index contributed by atoms with van der Waals surface area (Å²) in [7, 11) is 0. The zero-order chi connectivity index (χ0) is 17.5. The number of nitrogens with one attached hydrogen (secondary N) is 1. The molecule has 1 fully saturated rings. The van der Waals surface area contributed by atoms with E-state index in [1.54, 1.807) is 15.8 Å². The van der Waals surface area contributed by atoms with Crippen LogP contribution in [0.25, 0.3) is 6.08 Å². The summed E-state index contributed by atoms with van der Waals surface area (Å²) >= 11 is 0. The first-order valence-corrected chi connectivity index (χ1v) is 8.04. The predicted octanol–water partition coefficient (Wildman–Crippen LogP) is 1.17. The monoisotopic (exact) mass is 341 g/mol. The molecular formula is C17H19N5O3. The summed E-state index contributed by atoms with van der Waals surface area (Å²) in [6.07, 6.45) is 5.18. The highest BCUT2D eigenvalue weighted by molar-refractivity contribution is 5.91. The summed E-state index contributed by atoms with van der Waals surface area (Å²) in [5, 5.41) is 10.5. The minimum atomic E-state index is -0.342. The van der Waals surface area contributed by atoms with E-state index in [-0.39, 0.29) is 17.7 Å². The number of cyclic esters (lactones) is 1. The molecule has 130 valence electrons. The van der Waals surface area contributed by atoms with Crippen molar-refractivity contribution in [3.8, 4) is 0 Å². The number of rotatable bonds is 7. The minimum Gasteiger partial charge on any atom is -0.448 e. The molecule has 0 bridgehead atoms. The van der Waals surface area contributed by atoms with Gasteiger partial charge in [-0.15, -0.1) is 5.10 Å². The van der Waals surface area contributed by atoms with Crippen LogP contribution in [-0.4, -0.2) is 58.1 Å². The molecule has 1 saturated heterocycles. The molecule has 1 aromatic carbocycles. The number of hydrogen-bond donors (Lipinski definition) is 1. The fourth-order valence-corrected chi connectivity index (χ4v) is 2.38. The molecule has 2 heterocycles. The van der Waals surface area contributed by atoms with E-state index in [2.05, 4.69) is 15.6 Å². The molecule has 8 heteroatoms. The van der Waals surface area contributed by atoms with Crippen molar-refractivity contribution in [3.05, 3.63) is 53.9 Å². The Labute approximate surface area is 145 Å². The summed E-state index contributed by atoms with van der Waals surface area (Å²) in [4.78, 5) is 24.9. The molecule has 25 heavy (non-hydrogen) atoms. The van der Waals surface area contributed by atoms with Crippen LogP contribution in [0.4, 0.5) is 4.79 Å². The highest BCUT2D eigenvalue weighted by Gasteiger charge is 2.21. The molecule has 1 aliphatic rings. The van der Waals surface area contributed by atoms with E-state index in [1.807, 2.05) is 42.5 Å². The summed E-state index contributed by atoms with van der Waals surface area (Å²) in [5.74, 6) is -0.314. The maximum Gasteiger partial charge on any atom is 0.409 e. The fraction of sp³-hybridized carbons (Fsp3) is 0.294. The van der Waals surface area contributed by atoms with E-state index in [0.717, 1.165) is 5.56 Å². The molecule has 0 unspecified atom stereocenters. The van der Waals surface area contributed by atoms with E-state index in [4.69, 9.17) is 4.74 Å². The van der Waals surface area contributed by atoms with Crippen LogP contribution in [0.2, 0.25) is 0 Å². The Bertz CT molecular complexity index is 757. The number of hydrogen-bond acceptors (Lipinski definition) is 5. The van der Waals surface area contributed by atoms with Crippen LogP contribution in [-0.2, 0) is 11.3 Å². The second-order valence-corrected chi connectivity index (χ2v) is 5.50. The first kappa shape index (κ1) is 16.7. The van der Waals surface area contributed by atoms with E-state index in [1.165, 1.54) is 0 Å². The van der Waals surface area contributed by atoms with Crippen LogP contribution >= 0.6 is 0 Å². The Hall–Kier alpha value is -3.16. The third kappa shape index (κ3) is 4.66. The van der Waals surface area contributed by atoms with Crippen molar-refractivity contribution in [3.63, 3.8) is 0 Å². The maximum absolute atomic E-state index is 12.0. The molecule has 2 aromatic rings. The Kier molecular flexibility index (Phi) is 5.40. The number of carbonyl (C=O) groups excluding carboxylic acids is 2. The standard InChI is InChI=1S/C17H19N5O3/c23-16(18-8-10-21-11-12-25-17(21)24)15-13-22(20-19-15)9-4-7-14-5-2-1-3-6-14/h1-7,13H,8-12H2,(H,18,23). The van der Waals surface area contributed by atoms with Gasteiger partial charge >= 0.3 is 6.09 Å². The van der Waals surface area contributed by atoms with Crippen molar-refractivity contribution in [2.75, 3.05) is 26.2 Å². The third-order valence-electron chi connectivity index (χ3n) is 3.69. The number of carbonyl (C=O) groups is 2. The van der Waals surface area contributed by atoms with Gasteiger partial charge in [-0.05, 0) is 5.56 Å². The van der Waals surface area contributed by atoms with Crippen molar-refractivity contribution in [2.24, 2.45) is 0 Å². The Morgan fingerprint density at radius 2 is 2.16 bits per heavy atom. The predicted molar refractivity (Wildman–Crippen MR) is 90.8 cm³/mol. The van der Waals surface area contributed by atoms with Crippen LogP contribution in [0.1, 0.15) is 16.1 Å². The van der Waals surface area contributed by atoms with E-state index >= 15 is 0 Å². The smallest absolute Gasteiger partial charge is 0.409 e. The van der Waals surface area contributed by atoms with Gasteiger partial charge in [0.25, 0.3) is 5.91 Å². The van der Waals surface area contributed by atoms with Gasteiger partial charge in [-0.25, -0.2) is 9.48 Å². The Balaban J connectivity index is 1.44. The molecule has 0 radical (unpaired) electrons. The maximum atomic E-state index is 12.0. The molecule has 0 aliphatic carbocycles. The summed E-state index contributed by atoms with van der Waals surface area (Å²) in [6.45, 7) is 2.23. The highest BCUT2D eigenvalue weighted by Crippen LogP contribution is 2.03. The van der Waals surface area contributed by atoms with Crippen molar-refractivity contribution in [1.82, 2.24) is 25.2 Å². The lowest BCUT2D eigenvalue weighted by Gasteiger charge is -2.12. The molecule has 0 spiro atoms. The lowest BCUT2D eigenvalue weighted by Crippen LogP contribution is -2.35. The average molecular weight is 341 g/mol. The second kappa shape index (κ2) is 8.09. The number of ether oxygens (including phenoxy) is 1. The molecule has 3 rings (SSSR count). The van der Waals surface area contributed by atoms with Gasteiger partial charge in [-0.2, -0.15) is 0 Å². The van der Waals surface area contributed by atoms with E-state index in [9.17, 15) is 9.59 Å². The number of allylic oxidation sites excluding steroid dienone is 1. The molecule has 2 amide bonds. The quantitative estimate of drug-likeness (QED) is 0.817. The normalized spacial score (nSPS) is 14.1.